The number of benzene rings is 2. The Morgan fingerprint density at radius 2 is 1.88 bits per heavy atom. The Hall–Kier alpha value is -3.08. The Labute approximate surface area is 153 Å². The van der Waals surface area contributed by atoms with Crippen LogP contribution in [0.15, 0.2) is 54.7 Å². The van der Waals surface area contributed by atoms with E-state index in [0.29, 0.717) is 17.2 Å². The van der Waals surface area contributed by atoms with Crippen LogP contribution in [0.1, 0.15) is 42.1 Å². The third-order valence-corrected chi connectivity index (χ3v) is 4.35. The number of rotatable bonds is 7. The van der Waals surface area contributed by atoms with E-state index >= 15 is 0 Å². The van der Waals surface area contributed by atoms with E-state index in [9.17, 15) is 4.79 Å². The number of hydrogen-bond donors (Lipinski definition) is 3. The lowest BCUT2D eigenvalue weighted by Gasteiger charge is -2.10. The number of aromatic amines is 1. The lowest BCUT2D eigenvalue weighted by atomic mass is 10.0. The fourth-order valence-electron chi connectivity index (χ4n) is 2.90. The topological polar surface area (TPSA) is 83.8 Å². The van der Waals surface area contributed by atoms with E-state index in [1.54, 1.807) is 6.20 Å². The monoisotopic (exact) mass is 348 g/mol. The molecular weight excluding hydrogens is 324 g/mol. The second-order valence-electron chi connectivity index (χ2n) is 6.34. The molecule has 1 heterocycles. The number of para-hydroxylation sites is 1. The number of nitrogens with zero attached hydrogens (tertiary/aromatic N) is 1. The molecular formula is C21H24N4O. The summed E-state index contributed by atoms with van der Waals surface area (Å²) >= 11 is 0. The summed E-state index contributed by atoms with van der Waals surface area (Å²) < 4.78 is 0. The van der Waals surface area contributed by atoms with Gasteiger partial charge in [0.05, 0.1) is 17.6 Å². The van der Waals surface area contributed by atoms with E-state index in [0.717, 1.165) is 17.7 Å². The maximum Gasteiger partial charge on any atom is 0.255 e. The van der Waals surface area contributed by atoms with Crippen LogP contribution in [0.5, 0.6) is 0 Å². The van der Waals surface area contributed by atoms with Crippen LogP contribution in [0.4, 0.5) is 11.6 Å². The van der Waals surface area contributed by atoms with Crippen molar-refractivity contribution in [2.75, 3.05) is 11.1 Å². The molecule has 0 unspecified atom stereocenters. The fraction of sp³-hybridized carbons (Fsp3) is 0.238. The number of carbonyl (C=O) groups is 1. The lowest BCUT2D eigenvalue weighted by Crippen LogP contribution is -2.12. The van der Waals surface area contributed by atoms with Crippen molar-refractivity contribution in [1.82, 2.24) is 9.97 Å². The Morgan fingerprint density at radius 1 is 1.12 bits per heavy atom. The van der Waals surface area contributed by atoms with Gasteiger partial charge in [-0.2, -0.15) is 0 Å². The summed E-state index contributed by atoms with van der Waals surface area (Å²) in [6.07, 6.45) is 6.34. The Kier molecular flexibility index (Phi) is 5.69. The average molecular weight is 348 g/mol. The fourth-order valence-corrected chi connectivity index (χ4v) is 2.90. The molecule has 0 atom stereocenters. The summed E-state index contributed by atoms with van der Waals surface area (Å²) in [7, 11) is 0. The van der Waals surface area contributed by atoms with Gasteiger partial charge in [-0.25, -0.2) is 4.98 Å². The van der Waals surface area contributed by atoms with Crippen molar-refractivity contribution in [3.8, 4) is 11.3 Å². The third kappa shape index (κ3) is 4.30. The predicted molar refractivity (Wildman–Crippen MR) is 106 cm³/mol. The van der Waals surface area contributed by atoms with Crippen LogP contribution in [-0.2, 0) is 6.42 Å². The van der Waals surface area contributed by atoms with Crippen LogP contribution < -0.4 is 11.1 Å². The molecule has 0 aliphatic rings. The van der Waals surface area contributed by atoms with Crippen molar-refractivity contribution >= 4 is 17.5 Å². The minimum atomic E-state index is -0.134. The Balaban J connectivity index is 1.72. The smallest absolute Gasteiger partial charge is 0.255 e. The molecule has 0 saturated heterocycles. The van der Waals surface area contributed by atoms with Gasteiger partial charge in [-0.15, -0.1) is 0 Å². The van der Waals surface area contributed by atoms with Crippen molar-refractivity contribution in [2.45, 2.75) is 32.6 Å². The minimum Gasteiger partial charge on any atom is -0.369 e. The zero-order valence-corrected chi connectivity index (χ0v) is 15.0. The van der Waals surface area contributed by atoms with Gasteiger partial charge in [0, 0.05) is 11.1 Å². The number of nitrogens with two attached hydrogens (primary N) is 1. The van der Waals surface area contributed by atoms with Crippen molar-refractivity contribution in [2.24, 2.45) is 0 Å². The molecule has 0 spiro atoms. The summed E-state index contributed by atoms with van der Waals surface area (Å²) in [6, 6.07) is 15.4. The van der Waals surface area contributed by atoms with Gasteiger partial charge in [0.1, 0.15) is 0 Å². The number of aryl methyl sites for hydroxylation is 1. The molecule has 0 bridgehead atoms. The van der Waals surface area contributed by atoms with Gasteiger partial charge in [-0.05, 0) is 36.6 Å². The van der Waals surface area contributed by atoms with E-state index in [1.807, 2.05) is 48.5 Å². The second-order valence-corrected chi connectivity index (χ2v) is 6.34. The van der Waals surface area contributed by atoms with Crippen LogP contribution >= 0.6 is 0 Å². The number of hydrogen-bond acceptors (Lipinski definition) is 3. The lowest BCUT2D eigenvalue weighted by molar-refractivity contribution is 0.102. The zero-order chi connectivity index (χ0) is 18.4. The standard InChI is InChI=1S/C21H24N4O/c1-2-3-4-7-15-10-12-16(13-11-15)20(26)24-18-9-6-5-8-17(18)19-14-23-21(22)25-19/h5-6,8-14H,2-4,7H2,1H3,(H,24,26)(H3,22,23,25). The Bertz CT molecular complexity index is 868. The summed E-state index contributed by atoms with van der Waals surface area (Å²) in [6.45, 7) is 2.20. The van der Waals surface area contributed by atoms with E-state index < -0.39 is 0 Å². The van der Waals surface area contributed by atoms with E-state index in [4.69, 9.17) is 5.73 Å². The number of amides is 1. The number of unbranched alkanes of at least 4 members (excludes halogenated alkanes) is 2. The largest absolute Gasteiger partial charge is 0.369 e. The molecule has 1 amide bonds. The number of anilines is 2. The van der Waals surface area contributed by atoms with Crippen molar-refractivity contribution in [1.29, 1.82) is 0 Å². The SMILES string of the molecule is CCCCCc1ccc(C(=O)Nc2ccccc2-c2cnc(N)[nH]2)cc1. The highest BCUT2D eigenvalue weighted by atomic mass is 16.1. The highest BCUT2D eigenvalue weighted by Gasteiger charge is 2.11. The maximum atomic E-state index is 12.6. The molecule has 5 nitrogen and oxygen atoms in total. The first-order valence-corrected chi connectivity index (χ1v) is 8.97. The van der Waals surface area contributed by atoms with Gasteiger partial charge in [0.25, 0.3) is 5.91 Å². The number of H-pyrrole nitrogens is 1. The first-order chi connectivity index (χ1) is 12.7. The molecule has 3 rings (SSSR count). The van der Waals surface area contributed by atoms with Crippen LogP contribution in [0.3, 0.4) is 0 Å². The van der Waals surface area contributed by atoms with Crippen LogP contribution in [0, 0.1) is 0 Å². The molecule has 26 heavy (non-hydrogen) atoms. The van der Waals surface area contributed by atoms with Gasteiger partial charge in [0.15, 0.2) is 5.95 Å². The number of aromatic nitrogens is 2. The van der Waals surface area contributed by atoms with Gasteiger partial charge in [-0.1, -0.05) is 50.1 Å². The molecule has 0 aliphatic carbocycles. The molecule has 5 heteroatoms. The summed E-state index contributed by atoms with van der Waals surface area (Å²) in [5.41, 5.74) is 9.90. The summed E-state index contributed by atoms with van der Waals surface area (Å²) in [5.74, 6) is 0.213. The molecule has 1 aromatic heterocycles. The third-order valence-electron chi connectivity index (χ3n) is 4.35. The van der Waals surface area contributed by atoms with Gasteiger partial charge in [0.2, 0.25) is 0 Å². The normalized spacial score (nSPS) is 10.7. The van der Waals surface area contributed by atoms with Crippen molar-refractivity contribution < 1.29 is 4.79 Å². The first-order valence-electron chi connectivity index (χ1n) is 8.97. The van der Waals surface area contributed by atoms with Gasteiger partial charge >= 0.3 is 0 Å². The number of nitrogen functional groups attached to an aromatic ring is 1. The minimum absolute atomic E-state index is 0.134. The van der Waals surface area contributed by atoms with E-state index in [-0.39, 0.29) is 5.91 Å². The number of nitrogens with one attached hydrogen (secondary N) is 2. The second kappa shape index (κ2) is 8.34. The van der Waals surface area contributed by atoms with Crippen molar-refractivity contribution in [3.63, 3.8) is 0 Å². The highest BCUT2D eigenvalue weighted by molar-refractivity contribution is 6.06. The Morgan fingerprint density at radius 3 is 2.58 bits per heavy atom. The summed E-state index contributed by atoms with van der Waals surface area (Å²) in [5, 5.41) is 2.98. The zero-order valence-electron chi connectivity index (χ0n) is 15.0. The van der Waals surface area contributed by atoms with Crippen LogP contribution in [0.25, 0.3) is 11.3 Å². The molecule has 0 saturated carbocycles. The molecule has 4 N–H and O–H groups in total. The van der Waals surface area contributed by atoms with Crippen LogP contribution in [-0.4, -0.2) is 15.9 Å². The maximum absolute atomic E-state index is 12.6. The molecule has 2 aromatic carbocycles. The quantitative estimate of drug-likeness (QED) is 0.544. The van der Waals surface area contributed by atoms with Gasteiger partial charge in [-0.3, -0.25) is 4.79 Å². The van der Waals surface area contributed by atoms with Crippen LogP contribution in [0.2, 0.25) is 0 Å². The van der Waals surface area contributed by atoms with Gasteiger partial charge < -0.3 is 16.0 Å². The molecule has 134 valence electrons. The van der Waals surface area contributed by atoms with E-state index in [2.05, 4.69) is 22.2 Å². The number of carbonyl (C=O) groups excluding carboxylic acids is 1. The summed E-state index contributed by atoms with van der Waals surface area (Å²) in [4.78, 5) is 19.6. The average Bonchev–Trinajstić information content (AvgIpc) is 3.09. The molecule has 0 aliphatic heterocycles. The predicted octanol–water partition coefficient (Wildman–Crippen LogP) is 4.64. The number of imidazole rings is 1. The van der Waals surface area contributed by atoms with Crippen molar-refractivity contribution in [3.05, 3.63) is 65.9 Å². The first kappa shape index (κ1) is 17.7. The highest BCUT2D eigenvalue weighted by Crippen LogP contribution is 2.27. The molecule has 0 fully saturated rings. The molecule has 3 aromatic rings. The van der Waals surface area contributed by atoms with E-state index in [1.165, 1.54) is 24.8 Å². The molecule has 0 radical (unpaired) electrons.